The molecular formula is C28H34. The highest BCUT2D eigenvalue weighted by Gasteiger charge is 2.21. The minimum Gasteiger partial charge on any atom is -0.0613 e. The van der Waals surface area contributed by atoms with Gasteiger partial charge in [0.25, 0.3) is 0 Å². The predicted molar refractivity (Wildman–Crippen MR) is 122 cm³/mol. The van der Waals surface area contributed by atoms with Crippen molar-refractivity contribution in [3.63, 3.8) is 0 Å². The molecule has 1 fully saturated rings. The second-order valence-electron chi connectivity index (χ2n) is 8.83. The minimum atomic E-state index is 0.867. The lowest BCUT2D eigenvalue weighted by Crippen LogP contribution is -2.18. The van der Waals surface area contributed by atoms with Crippen molar-refractivity contribution in [2.24, 2.45) is 11.8 Å². The standard InChI is InChI=1S/C28H34/c1-3-21-5-7-23(8-6-21)17-24-9-11-25(12-10-24)18-26-14-16-27-19-22(4-2)13-15-28(27)20-26/h5-8,13-16,19-20,24-25H,3-4,9-12,17-18H2,1-2H3. The minimum absolute atomic E-state index is 0.867. The quantitative estimate of drug-likeness (QED) is 0.420. The third-order valence-electron chi connectivity index (χ3n) is 6.82. The van der Waals surface area contributed by atoms with Crippen LogP contribution in [0.5, 0.6) is 0 Å². The number of aryl methyl sites for hydroxylation is 2. The average Bonchev–Trinajstić information content (AvgIpc) is 2.75. The molecule has 4 rings (SSSR count). The van der Waals surface area contributed by atoms with Crippen LogP contribution in [-0.4, -0.2) is 0 Å². The van der Waals surface area contributed by atoms with E-state index in [4.69, 9.17) is 0 Å². The zero-order chi connectivity index (χ0) is 19.3. The summed E-state index contributed by atoms with van der Waals surface area (Å²) in [7, 11) is 0. The number of hydrogen-bond acceptors (Lipinski definition) is 0. The largest absolute Gasteiger partial charge is 0.0613 e. The first-order valence-corrected chi connectivity index (χ1v) is 11.3. The lowest BCUT2D eigenvalue weighted by atomic mass is 9.77. The SMILES string of the molecule is CCc1ccc(CC2CCC(Cc3ccc4cc(CC)ccc4c3)CC2)cc1. The smallest absolute Gasteiger partial charge is 0.0181 e. The van der Waals surface area contributed by atoms with Crippen LogP contribution in [0.15, 0.2) is 60.7 Å². The van der Waals surface area contributed by atoms with Crippen molar-refractivity contribution in [2.75, 3.05) is 0 Å². The fraction of sp³-hybridized carbons (Fsp3) is 0.429. The van der Waals surface area contributed by atoms with E-state index in [0.29, 0.717) is 0 Å². The van der Waals surface area contributed by atoms with Crippen molar-refractivity contribution < 1.29 is 0 Å². The van der Waals surface area contributed by atoms with Crippen LogP contribution >= 0.6 is 0 Å². The van der Waals surface area contributed by atoms with Gasteiger partial charge >= 0.3 is 0 Å². The summed E-state index contributed by atoms with van der Waals surface area (Å²) in [6, 6.07) is 23.4. The molecule has 0 N–H and O–H groups in total. The Morgan fingerprint density at radius 3 is 1.54 bits per heavy atom. The highest BCUT2D eigenvalue weighted by Crippen LogP contribution is 2.33. The lowest BCUT2D eigenvalue weighted by molar-refractivity contribution is 0.272. The average molecular weight is 371 g/mol. The molecule has 0 amide bonds. The zero-order valence-corrected chi connectivity index (χ0v) is 17.6. The lowest BCUT2D eigenvalue weighted by Gasteiger charge is -2.29. The van der Waals surface area contributed by atoms with Crippen LogP contribution in [0, 0.1) is 11.8 Å². The molecule has 28 heavy (non-hydrogen) atoms. The van der Waals surface area contributed by atoms with Gasteiger partial charge in [-0.15, -0.1) is 0 Å². The van der Waals surface area contributed by atoms with Crippen LogP contribution in [-0.2, 0) is 25.7 Å². The molecule has 1 aliphatic carbocycles. The second kappa shape index (κ2) is 8.95. The summed E-state index contributed by atoms with van der Waals surface area (Å²) in [4.78, 5) is 0. The van der Waals surface area contributed by atoms with E-state index < -0.39 is 0 Å². The summed E-state index contributed by atoms with van der Waals surface area (Å²) in [5.74, 6) is 1.75. The first-order valence-electron chi connectivity index (χ1n) is 11.3. The Balaban J connectivity index is 1.31. The summed E-state index contributed by atoms with van der Waals surface area (Å²) in [6.45, 7) is 4.46. The molecule has 0 heteroatoms. The maximum atomic E-state index is 2.43. The Morgan fingerprint density at radius 1 is 0.536 bits per heavy atom. The van der Waals surface area contributed by atoms with Crippen LogP contribution in [0.3, 0.4) is 0 Å². The molecule has 146 valence electrons. The molecule has 1 saturated carbocycles. The molecule has 0 unspecified atom stereocenters. The van der Waals surface area contributed by atoms with Gasteiger partial charge in [-0.2, -0.15) is 0 Å². The van der Waals surface area contributed by atoms with Crippen LogP contribution in [0.1, 0.15) is 61.8 Å². The topological polar surface area (TPSA) is 0 Å². The van der Waals surface area contributed by atoms with E-state index in [1.165, 1.54) is 71.6 Å². The summed E-state index contributed by atoms with van der Waals surface area (Å²) >= 11 is 0. The molecule has 0 radical (unpaired) electrons. The van der Waals surface area contributed by atoms with Crippen molar-refractivity contribution in [1.82, 2.24) is 0 Å². The molecule has 0 spiro atoms. The summed E-state index contributed by atoms with van der Waals surface area (Å²) in [6.07, 6.45) is 10.4. The van der Waals surface area contributed by atoms with Gasteiger partial charge in [-0.25, -0.2) is 0 Å². The molecule has 0 aromatic heterocycles. The van der Waals surface area contributed by atoms with Crippen molar-refractivity contribution >= 4 is 10.8 Å². The van der Waals surface area contributed by atoms with E-state index in [1.54, 1.807) is 0 Å². The molecule has 3 aromatic carbocycles. The van der Waals surface area contributed by atoms with Gasteiger partial charge in [-0.3, -0.25) is 0 Å². The Morgan fingerprint density at radius 2 is 0.964 bits per heavy atom. The highest BCUT2D eigenvalue weighted by molar-refractivity contribution is 5.83. The van der Waals surface area contributed by atoms with Crippen molar-refractivity contribution in [3.05, 3.63) is 82.9 Å². The second-order valence-corrected chi connectivity index (χ2v) is 8.83. The summed E-state index contributed by atoms with van der Waals surface area (Å²) < 4.78 is 0. The number of hydrogen-bond donors (Lipinski definition) is 0. The Labute approximate surface area is 171 Å². The Bertz CT molecular complexity index is 895. The molecular weight excluding hydrogens is 336 g/mol. The molecule has 0 heterocycles. The number of benzene rings is 3. The third kappa shape index (κ3) is 4.66. The van der Waals surface area contributed by atoms with Crippen molar-refractivity contribution in [1.29, 1.82) is 0 Å². The van der Waals surface area contributed by atoms with Crippen molar-refractivity contribution in [2.45, 2.75) is 65.2 Å². The first-order chi connectivity index (χ1) is 13.7. The van der Waals surface area contributed by atoms with Gasteiger partial charge in [0.05, 0.1) is 0 Å². The van der Waals surface area contributed by atoms with Gasteiger partial charge in [0.15, 0.2) is 0 Å². The molecule has 0 saturated heterocycles. The van der Waals surface area contributed by atoms with Gasteiger partial charge in [0, 0.05) is 0 Å². The fourth-order valence-electron chi connectivity index (χ4n) is 4.91. The van der Waals surface area contributed by atoms with E-state index in [1.807, 2.05) is 0 Å². The van der Waals surface area contributed by atoms with Gasteiger partial charge in [0.2, 0.25) is 0 Å². The van der Waals surface area contributed by atoms with Gasteiger partial charge < -0.3 is 0 Å². The molecule has 3 aromatic rings. The van der Waals surface area contributed by atoms with E-state index in [9.17, 15) is 0 Å². The van der Waals surface area contributed by atoms with Crippen LogP contribution < -0.4 is 0 Å². The maximum absolute atomic E-state index is 2.43. The van der Waals surface area contributed by atoms with E-state index in [2.05, 4.69) is 74.5 Å². The molecule has 0 nitrogen and oxygen atoms in total. The molecule has 0 bridgehead atoms. The van der Waals surface area contributed by atoms with E-state index in [-0.39, 0.29) is 0 Å². The van der Waals surface area contributed by atoms with Crippen molar-refractivity contribution in [3.8, 4) is 0 Å². The molecule has 1 aliphatic rings. The first kappa shape index (κ1) is 19.2. The predicted octanol–water partition coefficient (Wildman–Crippen LogP) is 7.56. The van der Waals surface area contributed by atoms with E-state index >= 15 is 0 Å². The van der Waals surface area contributed by atoms with Crippen LogP contribution in [0.25, 0.3) is 10.8 Å². The Hall–Kier alpha value is -2.08. The maximum Gasteiger partial charge on any atom is -0.0181 e. The monoisotopic (exact) mass is 370 g/mol. The number of rotatable bonds is 6. The van der Waals surface area contributed by atoms with Gasteiger partial charge in [-0.05, 0) is 96.2 Å². The fourth-order valence-corrected chi connectivity index (χ4v) is 4.91. The van der Waals surface area contributed by atoms with Crippen LogP contribution in [0.2, 0.25) is 0 Å². The van der Waals surface area contributed by atoms with E-state index in [0.717, 1.165) is 24.7 Å². The van der Waals surface area contributed by atoms with Crippen LogP contribution in [0.4, 0.5) is 0 Å². The molecule has 0 aliphatic heterocycles. The Kier molecular flexibility index (Phi) is 6.15. The third-order valence-corrected chi connectivity index (χ3v) is 6.82. The summed E-state index contributed by atoms with van der Waals surface area (Å²) in [5, 5.41) is 2.79. The number of fused-ring (bicyclic) bond motifs is 1. The van der Waals surface area contributed by atoms with Gasteiger partial charge in [-0.1, -0.05) is 74.5 Å². The van der Waals surface area contributed by atoms with Gasteiger partial charge in [0.1, 0.15) is 0 Å². The normalized spacial score (nSPS) is 19.8. The summed E-state index contributed by atoms with van der Waals surface area (Å²) in [5.41, 5.74) is 5.94. The zero-order valence-electron chi connectivity index (χ0n) is 17.6. The molecule has 0 atom stereocenters. The highest BCUT2D eigenvalue weighted by atomic mass is 14.3.